The van der Waals surface area contributed by atoms with E-state index in [0.29, 0.717) is 12.6 Å². The largest absolute Gasteiger partial charge is 0.315 e. The third kappa shape index (κ3) is 5.48. The molecular weight excluding hydrogens is 310 g/mol. The maximum atomic E-state index is 12.9. The van der Waals surface area contributed by atoms with E-state index in [-0.39, 0.29) is 24.4 Å². The predicted octanol–water partition coefficient (Wildman–Crippen LogP) is 2.92. The number of hydrogen-bond acceptors (Lipinski definition) is 3. The van der Waals surface area contributed by atoms with Crippen molar-refractivity contribution in [1.82, 2.24) is 10.2 Å². The summed E-state index contributed by atoms with van der Waals surface area (Å²) in [7, 11) is 0. The van der Waals surface area contributed by atoms with Crippen LogP contribution < -0.4 is 10.2 Å². The zero-order chi connectivity index (χ0) is 15.9. The Labute approximate surface area is 146 Å². The Morgan fingerprint density at radius 3 is 2.52 bits per heavy atom. The molecule has 130 valence electrons. The molecule has 0 aromatic heterocycles. The molecule has 1 saturated heterocycles. The SMILES string of the molecule is CCCN(CC(=O)N(c1ccccc1)C(C)C)C1CCNC1.Cl. The van der Waals surface area contributed by atoms with Crippen molar-refractivity contribution in [3.8, 4) is 0 Å². The number of halogens is 1. The van der Waals surface area contributed by atoms with Crippen molar-refractivity contribution in [3.05, 3.63) is 30.3 Å². The second kappa shape index (κ2) is 9.91. The number of amides is 1. The van der Waals surface area contributed by atoms with E-state index in [1.54, 1.807) is 0 Å². The van der Waals surface area contributed by atoms with Gasteiger partial charge < -0.3 is 10.2 Å². The Hall–Kier alpha value is -1.10. The fourth-order valence-corrected chi connectivity index (χ4v) is 3.20. The van der Waals surface area contributed by atoms with E-state index >= 15 is 0 Å². The lowest BCUT2D eigenvalue weighted by Crippen LogP contribution is -2.47. The summed E-state index contributed by atoms with van der Waals surface area (Å²) in [6.07, 6.45) is 2.22. The molecular formula is C18H30ClN3O. The molecule has 0 spiro atoms. The summed E-state index contributed by atoms with van der Waals surface area (Å²) in [5.41, 5.74) is 0.989. The van der Waals surface area contributed by atoms with Gasteiger partial charge in [-0.1, -0.05) is 25.1 Å². The number of hydrogen-bond donors (Lipinski definition) is 1. The summed E-state index contributed by atoms with van der Waals surface area (Å²) < 4.78 is 0. The minimum Gasteiger partial charge on any atom is -0.315 e. The zero-order valence-corrected chi connectivity index (χ0v) is 15.3. The van der Waals surface area contributed by atoms with Gasteiger partial charge in [-0.2, -0.15) is 0 Å². The van der Waals surface area contributed by atoms with Crippen molar-refractivity contribution in [2.45, 2.75) is 45.7 Å². The van der Waals surface area contributed by atoms with Crippen LogP contribution in [-0.2, 0) is 4.79 Å². The van der Waals surface area contributed by atoms with Crippen LogP contribution in [0.1, 0.15) is 33.6 Å². The van der Waals surface area contributed by atoms with Crippen LogP contribution in [-0.4, -0.2) is 49.1 Å². The van der Waals surface area contributed by atoms with Gasteiger partial charge in [0, 0.05) is 24.3 Å². The standard InChI is InChI=1S/C18H29N3O.ClH/c1-4-12-20(17-10-11-19-13-17)14-18(22)21(15(2)3)16-8-6-5-7-9-16;/h5-9,15,17,19H,4,10-14H2,1-3H3;1H. The second-order valence-electron chi connectivity index (χ2n) is 6.31. The number of rotatable bonds is 7. The van der Waals surface area contributed by atoms with E-state index in [1.165, 1.54) is 0 Å². The first-order valence-corrected chi connectivity index (χ1v) is 8.45. The van der Waals surface area contributed by atoms with Gasteiger partial charge in [0.15, 0.2) is 0 Å². The van der Waals surface area contributed by atoms with Crippen molar-refractivity contribution in [1.29, 1.82) is 0 Å². The molecule has 0 saturated carbocycles. The van der Waals surface area contributed by atoms with Gasteiger partial charge in [-0.15, -0.1) is 12.4 Å². The van der Waals surface area contributed by atoms with Crippen LogP contribution in [0, 0.1) is 0 Å². The minimum atomic E-state index is 0. The van der Waals surface area contributed by atoms with E-state index in [0.717, 1.165) is 38.2 Å². The number of nitrogens with one attached hydrogen (secondary N) is 1. The third-order valence-corrected chi connectivity index (χ3v) is 4.22. The highest BCUT2D eigenvalue weighted by Crippen LogP contribution is 2.18. The van der Waals surface area contributed by atoms with Gasteiger partial charge in [-0.3, -0.25) is 9.69 Å². The minimum absolute atomic E-state index is 0. The second-order valence-corrected chi connectivity index (χ2v) is 6.31. The summed E-state index contributed by atoms with van der Waals surface area (Å²) in [5, 5.41) is 3.40. The van der Waals surface area contributed by atoms with Gasteiger partial charge >= 0.3 is 0 Å². The molecule has 1 aliphatic heterocycles. The molecule has 5 heteroatoms. The molecule has 0 radical (unpaired) electrons. The number of carbonyl (C=O) groups excluding carboxylic acids is 1. The molecule has 1 heterocycles. The van der Waals surface area contributed by atoms with Crippen LogP contribution in [0.25, 0.3) is 0 Å². The van der Waals surface area contributed by atoms with Gasteiger partial charge in [-0.25, -0.2) is 0 Å². The average Bonchev–Trinajstić information content (AvgIpc) is 3.02. The van der Waals surface area contributed by atoms with Crippen molar-refractivity contribution in [3.63, 3.8) is 0 Å². The molecule has 1 fully saturated rings. The highest BCUT2D eigenvalue weighted by Gasteiger charge is 2.27. The normalized spacial score (nSPS) is 17.3. The zero-order valence-electron chi connectivity index (χ0n) is 14.5. The van der Waals surface area contributed by atoms with Crippen LogP contribution in [0.4, 0.5) is 5.69 Å². The van der Waals surface area contributed by atoms with Crippen LogP contribution in [0.2, 0.25) is 0 Å². The van der Waals surface area contributed by atoms with Gasteiger partial charge in [-0.05, 0) is 51.9 Å². The van der Waals surface area contributed by atoms with Gasteiger partial charge in [0.25, 0.3) is 0 Å². The lowest BCUT2D eigenvalue weighted by atomic mass is 10.2. The molecule has 1 unspecified atom stereocenters. The third-order valence-electron chi connectivity index (χ3n) is 4.22. The molecule has 1 aromatic carbocycles. The molecule has 1 aliphatic rings. The Kier molecular flexibility index (Phi) is 8.59. The topological polar surface area (TPSA) is 35.6 Å². The fourth-order valence-electron chi connectivity index (χ4n) is 3.20. The summed E-state index contributed by atoms with van der Waals surface area (Å²) in [4.78, 5) is 17.2. The van der Waals surface area contributed by atoms with Crippen LogP contribution in [0.5, 0.6) is 0 Å². The van der Waals surface area contributed by atoms with Crippen LogP contribution in [0.3, 0.4) is 0 Å². The highest BCUT2D eigenvalue weighted by atomic mass is 35.5. The first kappa shape index (κ1) is 19.9. The molecule has 1 atom stereocenters. The van der Waals surface area contributed by atoms with E-state index in [1.807, 2.05) is 35.2 Å². The number of carbonyl (C=O) groups is 1. The Morgan fingerprint density at radius 1 is 1.30 bits per heavy atom. The molecule has 4 nitrogen and oxygen atoms in total. The molecule has 1 N–H and O–H groups in total. The van der Waals surface area contributed by atoms with E-state index in [2.05, 4.69) is 31.0 Å². The first-order valence-electron chi connectivity index (χ1n) is 8.45. The molecule has 2 rings (SSSR count). The van der Waals surface area contributed by atoms with Crippen LogP contribution >= 0.6 is 12.4 Å². The maximum Gasteiger partial charge on any atom is 0.241 e. The van der Waals surface area contributed by atoms with E-state index in [4.69, 9.17) is 0 Å². The van der Waals surface area contributed by atoms with Crippen molar-refractivity contribution in [2.24, 2.45) is 0 Å². The van der Waals surface area contributed by atoms with Crippen molar-refractivity contribution in [2.75, 3.05) is 31.1 Å². The first-order chi connectivity index (χ1) is 10.6. The van der Waals surface area contributed by atoms with Gasteiger partial charge in [0.1, 0.15) is 0 Å². The summed E-state index contributed by atoms with van der Waals surface area (Å²) in [6, 6.07) is 10.7. The van der Waals surface area contributed by atoms with Crippen molar-refractivity contribution >= 4 is 24.0 Å². The summed E-state index contributed by atoms with van der Waals surface area (Å²) >= 11 is 0. The summed E-state index contributed by atoms with van der Waals surface area (Å²) in [6.45, 7) is 9.88. The number of nitrogens with zero attached hydrogens (tertiary/aromatic N) is 2. The molecule has 1 aromatic rings. The molecule has 1 amide bonds. The lowest BCUT2D eigenvalue weighted by molar-refractivity contribution is -0.120. The lowest BCUT2D eigenvalue weighted by Gasteiger charge is -2.32. The molecule has 0 bridgehead atoms. The maximum absolute atomic E-state index is 12.9. The van der Waals surface area contributed by atoms with E-state index < -0.39 is 0 Å². The quantitative estimate of drug-likeness (QED) is 0.829. The van der Waals surface area contributed by atoms with Gasteiger partial charge in [0.05, 0.1) is 6.54 Å². The summed E-state index contributed by atoms with van der Waals surface area (Å²) in [5.74, 6) is 0.196. The molecule has 0 aliphatic carbocycles. The Bertz CT molecular complexity index is 461. The predicted molar refractivity (Wildman–Crippen MR) is 99.5 cm³/mol. The van der Waals surface area contributed by atoms with Gasteiger partial charge in [0.2, 0.25) is 5.91 Å². The monoisotopic (exact) mass is 339 g/mol. The average molecular weight is 340 g/mol. The number of para-hydroxylation sites is 1. The Balaban J connectivity index is 0.00000264. The number of benzene rings is 1. The highest BCUT2D eigenvalue weighted by molar-refractivity contribution is 5.95. The van der Waals surface area contributed by atoms with E-state index in [9.17, 15) is 4.79 Å². The Morgan fingerprint density at radius 2 is 2.00 bits per heavy atom. The fraction of sp³-hybridized carbons (Fsp3) is 0.611. The smallest absolute Gasteiger partial charge is 0.241 e. The van der Waals surface area contributed by atoms with Crippen LogP contribution in [0.15, 0.2) is 30.3 Å². The number of anilines is 1. The molecule has 23 heavy (non-hydrogen) atoms. The van der Waals surface area contributed by atoms with Crippen molar-refractivity contribution < 1.29 is 4.79 Å².